The van der Waals surface area contributed by atoms with Crippen molar-refractivity contribution in [2.75, 3.05) is 0 Å². The van der Waals surface area contributed by atoms with Crippen LogP contribution in [-0.2, 0) is 0 Å². The number of rotatable bonds is 3. The van der Waals surface area contributed by atoms with E-state index in [9.17, 15) is 0 Å². The number of benzene rings is 3. The first kappa shape index (κ1) is 18.4. The maximum Gasteiger partial charge on any atom is 0.0361 e. The van der Waals surface area contributed by atoms with Crippen molar-refractivity contribution in [1.82, 2.24) is 0 Å². The predicted molar refractivity (Wildman–Crippen MR) is 139 cm³/mol. The van der Waals surface area contributed by atoms with Gasteiger partial charge in [-0.2, -0.15) is 0 Å². The summed E-state index contributed by atoms with van der Waals surface area (Å²) in [5, 5.41) is 5.82. The fourth-order valence-corrected chi connectivity index (χ4v) is 7.22. The van der Waals surface area contributed by atoms with Crippen LogP contribution in [0.3, 0.4) is 0 Å². The molecule has 0 amide bonds. The van der Waals surface area contributed by atoms with E-state index in [2.05, 4.69) is 98.0 Å². The van der Waals surface area contributed by atoms with Crippen LogP contribution in [0.15, 0.2) is 90.5 Å². The highest BCUT2D eigenvalue weighted by Gasteiger charge is 2.29. The molecule has 2 atom stereocenters. The fraction of sp³-hybridized carbons (Fsp3) is 0.161. The van der Waals surface area contributed by atoms with Gasteiger partial charge < -0.3 is 0 Å². The molecule has 0 bridgehead atoms. The molecule has 0 radical (unpaired) electrons. The molecular weight excluding hydrogens is 404 g/mol. The second-order valence-corrected chi connectivity index (χ2v) is 10.3. The van der Waals surface area contributed by atoms with Crippen LogP contribution >= 0.6 is 11.3 Å². The van der Waals surface area contributed by atoms with Crippen LogP contribution in [0.4, 0.5) is 0 Å². The monoisotopic (exact) mass is 428 g/mol. The van der Waals surface area contributed by atoms with Crippen molar-refractivity contribution in [2.45, 2.75) is 25.7 Å². The van der Waals surface area contributed by atoms with E-state index >= 15 is 0 Å². The second kappa shape index (κ2) is 6.92. The Kier molecular flexibility index (Phi) is 3.98. The maximum atomic E-state index is 2.48. The van der Waals surface area contributed by atoms with Crippen LogP contribution in [0, 0.1) is 5.92 Å². The van der Waals surface area contributed by atoms with Crippen LogP contribution in [-0.4, -0.2) is 0 Å². The van der Waals surface area contributed by atoms with Gasteiger partial charge in [-0.25, -0.2) is 0 Å². The lowest BCUT2D eigenvalue weighted by Crippen LogP contribution is -2.23. The molecule has 2 unspecified atom stereocenters. The van der Waals surface area contributed by atoms with Gasteiger partial charge in [-0.3, -0.25) is 0 Å². The summed E-state index contributed by atoms with van der Waals surface area (Å²) in [6.07, 6.45) is 13.8. The minimum absolute atomic E-state index is 0.434. The Labute approximate surface area is 192 Å². The van der Waals surface area contributed by atoms with E-state index in [0.29, 0.717) is 11.8 Å². The van der Waals surface area contributed by atoms with Crippen LogP contribution in [0.2, 0.25) is 0 Å². The van der Waals surface area contributed by atoms with Crippen molar-refractivity contribution in [3.63, 3.8) is 0 Å². The first-order chi connectivity index (χ1) is 15.8. The number of hydrogen-bond acceptors (Lipinski definition) is 1. The summed E-state index contributed by atoms with van der Waals surface area (Å²) in [7, 11) is 0. The first-order valence-electron chi connectivity index (χ1n) is 11.6. The highest BCUT2D eigenvalue weighted by atomic mass is 32.1. The Morgan fingerprint density at radius 2 is 1.72 bits per heavy atom. The van der Waals surface area contributed by atoms with Crippen molar-refractivity contribution >= 4 is 48.7 Å². The van der Waals surface area contributed by atoms with Gasteiger partial charge in [-0.15, -0.1) is 11.3 Å². The Morgan fingerprint density at radius 3 is 2.69 bits per heavy atom. The zero-order valence-electron chi connectivity index (χ0n) is 18.1. The zero-order valence-corrected chi connectivity index (χ0v) is 19.0. The highest BCUT2D eigenvalue weighted by molar-refractivity contribution is 7.25. The average Bonchev–Trinajstić information content (AvgIpc) is 3.46. The Morgan fingerprint density at radius 1 is 0.844 bits per heavy atom. The molecule has 154 valence electrons. The first-order valence-corrected chi connectivity index (χ1v) is 12.4. The molecule has 32 heavy (non-hydrogen) atoms. The average molecular weight is 429 g/mol. The maximum absolute atomic E-state index is 2.48. The van der Waals surface area contributed by atoms with Crippen LogP contribution in [0.25, 0.3) is 37.4 Å². The molecule has 1 aromatic heterocycles. The Bertz CT molecular complexity index is 1640. The largest absolute Gasteiger partial charge is 0.135 e. The standard InChI is InChI=1S/C31H24S/c1-19-18-20-14-17-29-31(27-12-6-7-13-28(27)32-29)30(20)21(19)15-16-26-24-10-4-2-8-22(24)23-9-3-5-11-25(23)26/h2-14,17-19,22H,15-16H2,1H3. The van der Waals surface area contributed by atoms with Crippen molar-refractivity contribution in [1.29, 1.82) is 0 Å². The second-order valence-electron chi connectivity index (χ2n) is 9.22. The topological polar surface area (TPSA) is 0 Å². The van der Waals surface area contributed by atoms with Gasteiger partial charge in [0, 0.05) is 26.1 Å². The molecule has 3 aromatic carbocycles. The minimum atomic E-state index is 0.434. The third-order valence-corrected chi connectivity index (χ3v) is 8.65. The van der Waals surface area contributed by atoms with Crippen LogP contribution < -0.4 is 10.4 Å². The van der Waals surface area contributed by atoms with Gasteiger partial charge in [-0.05, 0) is 63.6 Å². The zero-order chi connectivity index (χ0) is 21.2. The molecule has 1 heterocycles. The lowest BCUT2D eigenvalue weighted by atomic mass is 9.90. The van der Waals surface area contributed by atoms with Crippen molar-refractivity contribution in [3.05, 3.63) is 112 Å². The van der Waals surface area contributed by atoms with E-state index in [1.807, 2.05) is 11.3 Å². The SMILES string of the molecule is CC1C=c2ccc3sc4ccccc4c3c2=C1CCC1=C2C=CC=CC2c2ccccc21. The lowest BCUT2D eigenvalue weighted by Gasteiger charge is -2.13. The van der Waals surface area contributed by atoms with Gasteiger partial charge in [-0.1, -0.05) is 91.4 Å². The fourth-order valence-electron chi connectivity index (χ4n) is 6.11. The predicted octanol–water partition coefficient (Wildman–Crippen LogP) is 7.09. The molecule has 7 rings (SSSR count). The summed E-state index contributed by atoms with van der Waals surface area (Å²) >= 11 is 1.93. The quantitative estimate of drug-likeness (QED) is 0.327. The van der Waals surface area contributed by atoms with E-state index in [1.54, 1.807) is 11.1 Å². The highest BCUT2D eigenvalue weighted by Crippen LogP contribution is 2.47. The molecule has 0 saturated carbocycles. The number of allylic oxidation sites excluding steroid dienone is 6. The third-order valence-electron chi connectivity index (χ3n) is 7.52. The molecule has 4 aromatic rings. The summed E-state index contributed by atoms with van der Waals surface area (Å²) < 4.78 is 2.81. The Hall–Kier alpha value is -3.16. The van der Waals surface area contributed by atoms with Gasteiger partial charge in [0.1, 0.15) is 0 Å². The van der Waals surface area contributed by atoms with E-state index in [1.165, 1.54) is 47.3 Å². The molecule has 1 heteroatoms. The van der Waals surface area contributed by atoms with E-state index in [4.69, 9.17) is 0 Å². The molecule has 0 nitrogen and oxygen atoms in total. The molecule has 0 saturated heterocycles. The van der Waals surface area contributed by atoms with Gasteiger partial charge in [0.05, 0.1) is 0 Å². The van der Waals surface area contributed by atoms with Crippen molar-refractivity contribution in [2.24, 2.45) is 5.92 Å². The number of hydrogen-bond donors (Lipinski definition) is 0. The van der Waals surface area contributed by atoms with Crippen LogP contribution in [0.5, 0.6) is 0 Å². The van der Waals surface area contributed by atoms with E-state index in [-0.39, 0.29) is 0 Å². The molecule has 0 spiro atoms. The smallest absolute Gasteiger partial charge is 0.0361 e. The van der Waals surface area contributed by atoms with Gasteiger partial charge in [0.15, 0.2) is 0 Å². The third kappa shape index (κ3) is 2.55. The summed E-state index contributed by atoms with van der Waals surface area (Å²) in [4.78, 5) is 0. The molecule has 3 aliphatic carbocycles. The number of fused-ring (bicyclic) bond motifs is 8. The molecule has 0 N–H and O–H groups in total. The van der Waals surface area contributed by atoms with Crippen LogP contribution in [0.1, 0.15) is 36.8 Å². The van der Waals surface area contributed by atoms with Crippen molar-refractivity contribution < 1.29 is 0 Å². The van der Waals surface area contributed by atoms with E-state index in [0.717, 1.165) is 12.8 Å². The van der Waals surface area contributed by atoms with Crippen molar-refractivity contribution in [3.8, 4) is 0 Å². The normalized spacial score (nSPS) is 20.7. The van der Waals surface area contributed by atoms with E-state index < -0.39 is 0 Å². The van der Waals surface area contributed by atoms with Gasteiger partial charge in [0.25, 0.3) is 0 Å². The summed E-state index contributed by atoms with van der Waals surface area (Å²) in [6, 6.07) is 22.6. The summed E-state index contributed by atoms with van der Waals surface area (Å²) in [5.41, 5.74) is 7.59. The minimum Gasteiger partial charge on any atom is -0.135 e. The molecule has 0 fully saturated rings. The molecule has 0 aliphatic heterocycles. The summed E-state index contributed by atoms with van der Waals surface area (Å²) in [6.45, 7) is 2.38. The molecular formula is C31H24S. The summed E-state index contributed by atoms with van der Waals surface area (Å²) in [5.74, 6) is 0.928. The lowest BCUT2D eigenvalue weighted by molar-refractivity contribution is 0.930. The Balaban J connectivity index is 1.40. The molecule has 3 aliphatic rings. The van der Waals surface area contributed by atoms with Gasteiger partial charge in [0.2, 0.25) is 0 Å². The number of thiophene rings is 1. The van der Waals surface area contributed by atoms with Gasteiger partial charge >= 0.3 is 0 Å².